The lowest BCUT2D eigenvalue weighted by molar-refractivity contribution is 0.353. The van der Waals surface area contributed by atoms with E-state index in [2.05, 4.69) is 0 Å². The molecule has 0 spiro atoms. The molecule has 0 aliphatic carbocycles. The Hall–Kier alpha value is -2.40. The van der Waals surface area contributed by atoms with Crippen molar-refractivity contribution in [3.8, 4) is 22.6 Å². The molecule has 0 radical (unpaired) electrons. The molecular formula is C14H9F5O5S. The van der Waals surface area contributed by atoms with Crippen molar-refractivity contribution < 1.29 is 44.4 Å². The van der Waals surface area contributed by atoms with E-state index in [1.54, 1.807) is 0 Å². The Kier molecular flexibility index (Phi) is 4.91. The topological polar surface area (TPSA) is 72.8 Å². The third-order valence-electron chi connectivity index (χ3n) is 3.25. The van der Waals surface area contributed by atoms with E-state index in [9.17, 15) is 34.9 Å². The summed E-state index contributed by atoms with van der Waals surface area (Å²) in [6.45, 7) is 0. The van der Waals surface area contributed by atoms with E-state index in [4.69, 9.17) is 9.47 Å². The summed E-state index contributed by atoms with van der Waals surface area (Å²) in [7, 11) is -3.08. The van der Waals surface area contributed by atoms with Gasteiger partial charge in [-0.2, -0.15) is 8.42 Å². The van der Waals surface area contributed by atoms with Crippen molar-refractivity contribution in [1.29, 1.82) is 0 Å². The average Bonchev–Trinajstić information content (AvgIpc) is 2.56. The van der Waals surface area contributed by atoms with Gasteiger partial charge in [-0.1, -0.05) is 0 Å². The highest BCUT2D eigenvalue weighted by Gasteiger charge is 2.33. The van der Waals surface area contributed by atoms with Gasteiger partial charge in [-0.15, -0.1) is 0 Å². The van der Waals surface area contributed by atoms with E-state index in [1.807, 2.05) is 0 Å². The summed E-state index contributed by atoms with van der Waals surface area (Å²) in [6, 6.07) is 1.64. The molecule has 11 heteroatoms. The van der Waals surface area contributed by atoms with Gasteiger partial charge in [-0.3, -0.25) is 4.55 Å². The van der Waals surface area contributed by atoms with Crippen LogP contribution >= 0.6 is 0 Å². The maximum Gasteiger partial charge on any atom is 0.295 e. The molecule has 136 valence electrons. The lowest BCUT2D eigenvalue weighted by atomic mass is 10.0. The van der Waals surface area contributed by atoms with Crippen LogP contribution in [-0.2, 0) is 10.1 Å². The minimum Gasteiger partial charge on any atom is -0.493 e. The monoisotopic (exact) mass is 384 g/mol. The van der Waals surface area contributed by atoms with Crippen LogP contribution in [0.4, 0.5) is 22.0 Å². The van der Waals surface area contributed by atoms with Crippen LogP contribution < -0.4 is 9.47 Å². The van der Waals surface area contributed by atoms with Crippen LogP contribution in [0.1, 0.15) is 0 Å². The summed E-state index contributed by atoms with van der Waals surface area (Å²) < 4.78 is 110. The van der Waals surface area contributed by atoms with Gasteiger partial charge in [0.15, 0.2) is 34.8 Å². The molecule has 5 nitrogen and oxygen atoms in total. The summed E-state index contributed by atoms with van der Waals surface area (Å²) in [5.74, 6) is -12.5. The average molecular weight is 384 g/mol. The molecule has 0 atom stereocenters. The zero-order chi connectivity index (χ0) is 19.1. The summed E-state index contributed by atoms with van der Waals surface area (Å²) in [4.78, 5) is -1.13. The van der Waals surface area contributed by atoms with Crippen molar-refractivity contribution in [2.24, 2.45) is 0 Å². The molecule has 0 amide bonds. The van der Waals surface area contributed by atoms with E-state index in [0.29, 0.717) is 6.07 Å². The summed E-state index contributed by atoms with van der Waals surface area (Å²) in [5, 5.41) is 0. The second-order valence-electron chi connectivity index (χ2n) is 4.59. The molecule has 2 aromatic carbocycles. The lowest BCUT2D eigenvalue weighted by Gasteiger charge is -2.17. The lowest BCUT2D eigenvalue weighted by Crippen LogP contribution is -2.09. The number of hydrogen-bond acceptors (Lipinski definition) is 4. The third-order valence-corrected chi connectivity index (χ3v) is 4.14. The molecule has 0 fully saturated rings. The highest BCUT2D eigenvalue weighted by molar-refractivity contribution is 7.86. The summed E-state index contributed by atoms with van der Waals surface area (Å²) in [6.07, 6.45) is 0. The molecule has 2 rings (SSSR count). The van der Waals surface area contributed by atoms with E-state index in [0.717, 1.165) is 20.3 Å². The van der Waals surface area contributed by atoms with Crippen LogP contribution in [0.15, 0.2) is 17.0 Å². The van der Waals surface area contributed by atoms with E-state index < -0.39 is 61.0 Å². The highest BCUT2D eigenvalue weighted by Crippen LogP contribution is 2.45. The molecule has 0 heterocycles. The highest BCUT2D eigenvalue weighted by atomic mass is 32.2. The zero-order valence-electron chi connectivity index (χ0n) is 12.5. The van der Waals surface area contributed by atoms with Crippen molar-refractivity contribution in [3.05, 3.63) is 41.2 Å². The molecule has 0 bridgehead atoms. The van der Waals surface area contributed by atoms with Crippen LogP contribution in [-0.4, -0.2) is 27.2 Å². The van der Waals surface area contributed by atoms with Gasteiger partial charge in [0, 0.05) is 0 Å². The Morgan fingerprint density at radius 2 is 1.28 bits per heavy atom. The smallest absolute Gasteiger partial charge is 0.295 e. The van der Waals surface area contributed by atoms with Crippen molar-refractivity contribution in [1.82, 2.24) is 0 Å². The van der Waals surface area contributed by atoms with E-state index in [-0.39, 0.29) is 5.75 Å². The minimum atomic E-state index is -5.12. The van der Waals surface area contributed by atoms with Crippen molar-refractivity contribution in [3.63, 3.8) is 0 Å². The van der Waals surface area contributed by atoms with Gasteiger partial charge in [0.25, 0.3) is 10.1 Å². The Morgan fingerprint density at radius 3 is 1.68 bits per heavy atom. The van der Waals surface area contributed by atoms with Gasteiger partial charge in [0.2, 0.25) is 5.82 Å². The SMILES string of the molecule is COc1ccc(S(=O)(=O)O)c(-c2c(F)c(F)c(F)c(F)c2F)c1OC. The maximum absolute atomic E-state index is 14.1. The molecular weight excluding hydrogens is 375 g/mol. The standard InChI is InChI=1S/C14H9F5O5S/c1-23-5-3-4-6(25(20,21)22)7(14(5)24-2)8-9(15)11(17)13(19)12(18)10(8)16/h3-4H,1-2H3,(H,20,21,22). The van der Waals surface area contributed by atoms with Gasteiger partial charge in [0.1, 0.15) is 4.90 Å². The van der Waals surface area contributed by atoms with Crippen molar-refractivity contribution in [2.45, 2.75) is 4.90 Å². The first kappa shape index (κ1) is 18.9. The number of benzene rings is 2. The second-order valence-corrected chi connectivity index (χ2v) is 5.98. The molecule has 0 aromatic heterocycles. The molecule has 25 heavy (non-hydrogen) atoms. The normalized spacial score (nSPS) is 11.5. The number of rotatable bonds is 4. The van der Waals surface area contributed by atoms with E-state index in [1.165, 1.54) is 0 Å². The predicted octanol–water partition coefficient (Wildman–Crippen LogP) is 3.31. The molecule has 0 aliphatic heterocycles. The van der Waals surface area contributed by atoms with Crippen LogP contribution in [0.3, 0.4) is 0 Å². The fourth-order valence-electron chi connectivity index (χ4n) is 2.18. The summed E-state index contributed by atoms with van der Waals surface area (Å²) >= 11 is 0. The first-order valence-electron chi connectivity index (χ1n) is 6.30. The Bertz CT molecular complexity index is 930. The third kappa shape index (κ3) is 3.00. The number of halogens is 5. The maximum atomic E-state index is 14.1. The van der Waals surface area contributed by atoms with Crippen molar-refractivity contribution >= 4 is 10.1 Å². The molecule has 2 aromatic rings. The second kappa shape index (κ2) is 6.48. The number of methoxy groups -OCH3 is 2. The largest absolute Gasteiger partial charge is 0.493 e. The number of hydrogen-bond donors (Lipinski definition) is 1. The quantitative estimate of drug-likeness (QED) is 0.379. The minimum absolute atomic E-state index is 0.270. The van der Waals surface area contributed by atoms with Crippen LogP contribution in [0.5, 0.6) is 11.5 Å². The van der Waals surface area contributed by atoms with Gasteiger partial charge in [0.05, 0.1) is 25.3 Å². The Morgan fingerprint density at radius 1 is 0.800 bits per heavy atom. The molecule has 0 aliphatic rings. The first-order valence-corrected chi connectivity index (χ1v) is 7.74. The van der Waals surface area contributed by atoms with Gasteiger partial charge in [-0.25, -0.2) is 22.0 Å². The number of ether oxygens (including phenoxy) is 2. The fraction of sp³-hybridized carbons (Fsp3) is 0.143. The molecule has 1 N–H and O–H groups in total. The van der Waals surface area contributed by atoms with E-state index >= 15 is 0 Å². The van der Waals surface area contributed by atoms with Crippen LogP contribution in [0.2, 0.25) is 0 Å². The molecule has 0 saturated carbocycles. The predicted molar refractivity (Wildman–Crippen MR) is 74.6 cm³/mol. The fourth-order valence-corrected chi connectivity index (χ4v) is 2.88. The zero-order valence-corrected chi connectivity index (χ0v) is 13.3. The van der Waals surface area contributed by atoms with Crippen LogP contribution in [0, 0.1) is 29.1 Å². The van der Waals surface area contributed by atoms with Crippen LogP contribution in [0.25, 0.3) is 11.1 Å². The summed E-state index contributed by atoms with van der Waals surface area (Å²) in [5.41, 5.74) is -2.66. The van der Waals surface area contributed by atoms with Crippen molar-refractivity contribution in [2.75, 3.05) is 14.2 Å². The molecule has 0 unspecified atom stereocenters. The first-order chi connectivity index (χ1) is 11.6. The Labute approximate surface area is 138 Å². The van der Waals surface area contributed by atoms with Gasteiger partial charge >= 0.3 is 0 Å². The van der Waals surface area contributed by atoms with Gasteiger partial charge < -0.3 is 9.47 Å². The van der Waals surface area contributed by atoms with Gasteiger partial charge in [-0.05, 0) is 12.1 Å². The Balaban J connectivity index is 3.12. The molecule has 0 saturated heterocycles.